The summed E-state index contributed by atoms with van der Waals surface area (Å²) in [5, 5.41) is 1.09. The van der Waals surface area contributed by atoms with E-state index >= 15 is 0 Å². The number of nitrogens with zero attached hydrogens (tertiary/aromatic N) is 3. The molecular formula is C26H34N4O4S. The summed E-state index contributed by atoms with van der Waals surface area (Å²) in [6.45, 7) is 13.1. The fraction of sp³-hybridized carbons (Fsp3) is 0.462. The molecule has 0 aliphatic carbocycles. The van der Waals surface area contributed by atoms with E-state index < -0.39 is 5.97 Å². The largest absolute Gasteiger partial charge is 0.462 e. The van der Waals surface area contributed by atoms with Crippen molar-refractivity contribution in [3.63, 3.8) is 0 Å². The zero-order valence-electron chi connectivity index (χ0n) is 21.1. The highest BCUT2D eigenvalue weighted by molar-refractivity contribution is 7.99. The fourth-order valence-corrected chi connectivity index (χ4v) is 5.09. The highest BCUT2D eigenvalue weighted by Crippen LogP contribution is 2.23. The van der Waals surface area contributed by atoms with Crippen molar-refractivity contribution in [2.24, 2.45) is 0 Å². The summed E-state index contributed by atoms with van der Waals surface area (Å²) >= 11 is 1.24. The first-order chi connectivity index (χ1) is 16.8. The lowest BCUT2D eigenvalue weighted by Gasteiger charge is -2.19. The number of carbonyl (C=O) groups excluding carboxylic acids is 2. The topological polar surface area (TPSA) is 97.3 Å². The molecule has 0 radical (unpaired) electrons. The number of ether oxygens (including phenoxy) is 1. The molecule has 0 spiro atoms. The summed E-state index contributed by atoms with van der Waals surface area (Å²) in [5.74, 6) is -0.518. The maximum absolute atomic E-state index is 13.3. The van der Waals surface area contributed by atoms with Crippen LogP contribution in [0.1, 0.15) is 59.3 Å². The predicted molar refractivity (Wildman–Crippen MR) is 140 cm³/mol. The van der Waals surface area contributed by atoms with E-state index in [1.54, 1.807) is 31.4 Å². The first-order valence-corrected chi connectivity index (χ1v) is 13.0. The Balaban J connectivity index is 1.85. The van der Waals surface area contributed by atoms with E-state index in [1.807, 2.05) is 18.2 Å². The molecule has 8 nitrogen and oxygen atoms in total. The first kappa shape index (κ1) is 26.7. The average Bonchev–Trinajstić information content (AvgIpc) is 3.15. The lowest BCUT2D eigenvalue weighted by atomic mass is 10.1. The Labute approximate surface area is 210 Å². The van der Waals surface area contributed by atoms with Gasteiger partial charge in [-0.15, -0.1) is 0 Å². The number of fused-ring (bicyclic) bond motifs is 1. The van der Waals surface area contributed by atoms with E-state index in [1.165, 1.54) is 11.8 Å². The van der Waals surface area contributed by atoms with Crippen molar-refractivity contribution in [2.75, 3.05) is 32.0 Å². The minimum Gasteiger partial charge on any atom is -0.462 e. The maximum atomic E-state index is 13.3. The standard InChI is InChI=1S/C26H34N4O4S/c1-6-29(7-2)14-11-15-30-24(32)19-12-9-10-13-20(19)28-26(30)35-16-21(31)23-17(4)22(18(5)27-23)25(33)34-8-3/h9-10,12-13,27H,6-8,11,14-16H2,1-5H3. The van der Waals surface area contributed by atoms with Crippen molar-refractivity contribution in [3.8, 4) is 0 Å². The van der Waals surface area contributed by atoms with Gasteiger partial charge in [-0.05, 0) is 64.5 Å². The minimum absolute atomic E-state index is 0.0872. The molecule has 1 aromatic carbocycles. The van der Waals surface area contributed by atoms with Gasteiger partial charge in [-0.1, -0.05) is 37.7 Å². The summed E-state index contributed by atoms with van der Waals surface area (Å²) in [6.07, 6.45) is 0.806. The monoisotopic (exact) mass is 498 g/mol. The molecule has 0 bridgehead atoms. The van der Waals surface area contributed by atoms with Gasteiger partial charge in [0.05, 0.1) is 34.5 Å². The number of esters is 1. The van der Waals surface area contributed by atoms with E-state index in [-0.39, 0.29) is 23.7 Å². The van der Waals surface area contributed by atoms with Crippen LogP contribution >= 0.6 is 11.8 Å². The van der Waals surface area contributed by atoms with Crippen LogP contribution in [0.4, 0.5) is 0 Å². The van der Waals surface area contributed by atoms with Crippen LogP contribution in [0.5, 0.6) is 0 Å². The third kappa shape index (κ3) is 6.02. The summed E-state index contributed by atoms with van der Waals surface area (Å²) < 4.78 is 6.81. The molecule has 0 amide bonds. The molecular weight excluding hydrogens is 464 g/mol. The Hall–Kier alpha value is -2.91. The number of ketones is 1. The number of aromatic nitrogens is 3. The number of nitrogens with one attached hydrogen (secondary N) is 1. The maximum Gasteiger partial charge on any atom is 0.340 e. The number of aryl methyl sites for hydroxylation is 1. The fourth-order valence-electron chi connectivity index (χ4n) is 4.19. The van der Waals surface area contributed by atoms with Crippen LogP contribution in [0.25, 0.3) is 10.9 Å². The zero-order chi connectivity index (χ0) is 25.5. The molecule has 2 heterocycles. The first-order valence-electron chi connectivity index (χ1n) is 12.1. The molecule has 0 atom stereocenters. The van der Waals surface area contributed by atoms with Gasteiger partial charge in [-0.3, -0.25) is 14.2 Å². The van der Waals surface area contributed by atoms with E-state index in [0.717, 1.165) is 26.1 Å². The second-order valence-corrected chi connectivity index (χ2v) is 9.25. The van der Waals surface area contributed by atoms with Gasteiger partial charge >= 0.3 is 5.97 Å². The highest BCUT2D eigenvalue weighted by atomic mass is 32.2. The van der Waals surface area contributed by atoms with Gasteiger partial charge in [0, 0.05) is 12.2 Å². The molecule has 35 heavy (non-hydrogen) atoms. The van der Waals surface area contributed by atoms with Gasteiger partial charge in [0.1, 0.15) is 0 Å². The smallest absolute Gasteiger partial charge is 0.340 e. The SMILES string of the molecule is CCOC(=O)c1c(C)[nH]c(C(=O)CSc2nc3ccccc3c(=O)n2CCCN(CC)CC)c1C. The van der Waals surface area contributed by atoms with Gasteiger partial charge < -0.3 is 14.6 Å². The number of para-hydroxylation sites is 1. The van der Waals surface area contributed by atoms with Crippen molar-refractivity contribution in [1.29, 1.82) is 0 Å². The molecule has 0 aliphatic rings. The number of rotatable bonds is 12. The van der Waals surface area contributed by atoms with E-state index in [4.69, 9.17) is 9.72 Å². The Morgan fingerprint density at radius 2 is 1.86 bits per heavy atom. The Bertz CT molecular complexity index is 1260. The molecule has 9 heteroatoms. The normalized spacial score (nSPS) is 11.4. The molecule has 0 saturated heterocycles. The van der Waals surface area contributed by atoms with Crippen molar-refractivity contribution < 1.29 is 14.3 Å². The highest BCUT2D eigenvalue weighted by Gasteiger charge is 2.23. The summed E-state index contributed by atoms with van der Waals surface area (Å²) in [5.41, 5.74) is 2.48. The van der Waals surface area contributed by atoms with Crippen LogP contribution in [0.2, 0.25) is 0 Å². The van der Waals surface area contributed by atoms with E-state index in [2.05, 4.69) is 23.7 Å². The van der Waals surface area contributed by atoms with Crippen molar-refractivity contribution in [1.82, 2.24) is 19.4 Å². The average molecular weight is 499 g/mol. The third-order valence-corrected chi connectivity index (χ3v) is 7.08. The van der Waals surface area contributed by atoms with Crippen molar-refractivity contribution in [2.45, 2.75) is 52.7 Å². The van der Waals surface area contributed by atoms with Gasteiger partial charge in [-0.25, -0.2) is 9.78 Å². The van der Waals surface area contributed by atoms with E-state index in [0.29, 0.717) is 45.1 Å². The van der Waals surface area contributed by atoms with Gasteiger partial charge in [-0.2, -0.15) is 0 Å². The van der Waals surface area contributed by atoms with Crippen molar-refractivity contribution >= 4 is 34.4 Å². The Kier molecular flexibility index (Phi) is 9.28. The van der Waals surface area contributed by atoms with Crippen LogP contribution in [0, 0.1) is 13.8 Å². The van der Waals surface area contributed by atoms with Crippen LogP contribution in [0.15, 0.2) is 34.2 Å². The number of aromatic amines is 1. The van der Waals surface area contributed by atoms with Crippen molar-refractivity contribution in [3.05, 3.63) is 57.1 Å². The molecule has 2 aromatic heterocycles. The van der Waals surface area contributed by atoms with Crippen LogP contribution < -0.4 is 5.56 Å². The number of thioether (sulfide) groups is 1. The molecule has 0 aliphatic heterocycles. The number of Topliss-reactive ketones (excluding diaryl/α,β-unsaturated/α-hetero) is 1. The minimum atomic E-state index is -0.441. The molecule has 0 unspecified atom stereocenters. The number of benzene rings is 1. The number of H-pyrrole nitrogens is 1. The van der Waals surface area contributed by atoms with Crippen LogP contribution in [0.3, 0.4) is 0 Å². The molecule has 0 fully saturated rings. The Morgan fingerprint density at radius 3 is 2.54 bits per heavy atom. The summed E-state index contributed by atoms with van der Waals surface area (Å²) in [4.78, 5) is 48.7. The summed E-state index contributed by atoms with van der Waals surface area (Å²) in [7, 11) is 0. The predicted octanol–water partition coefficient (Wildman–Crippen LogP) is 4.23. The second kappa shape index (κ2) is 12.2. The van der Waals surface area contributed by atoms with Gasteiger partial charge in [0.25, 0.3) is 5.56 Å². The molecule has 3 rings (SSSR count). The summed E-state index contributed by atoms with van der Waals surface area (Å²) in [6, 6.07) is 7.28. The zero-order valence-corrected chi connectivity index (χ0v) is 22.0. The molecule has 188 valence electrons. The quantitative estimate of drug-likeness (QED) is 0.173. The Morgan fingerprint density at radius 1 is 1.14 bits per heavy atom. The lowest BCUT2D eigenvalue weighted by molar-refractivity contribution is 0.0525. The van der Waals surface area contributed by atoms with Gasteiger partial charge in [0.2, 0.25) is 0 Å². The second-order valence-electron chi connectivity index (χ2n) is 8.31. The number of carbonyl (C=O) groups is 2. The molecule has 1 N–H and O–H groups in total. The third-order valence-electron chi connectivity index (χ3n) is 6.11. The molecule has 3 aromatic rings. The van der Waals surface area contributed by atoms with Crippen LogP contribution in [-0.2, 0) is 11.3 Å². The lowest BCUT2D eigenvalue weighted by Crippen LogP contribution is -2.28. The van der Waals surface area contributed by atoms with Gasteiger partial charge in [0.15, 0.2) is 10.9 Å². The number of hydrogen-bond donors (Lipinski definition) is 1. The van der Waals surface area contributed by atoms with Crippen LogP contribution in [-0.4, -0.2) is 63.2 Å². The van der Waals surface area contributed by atoms with E-state index in [9.17, 15) is 14.4 Å². The molecule has 0 saturated carbocycles. The number of hydrogen-bond acceptors (Lipinski definition) is 7.